The van der Waals surface area contributed by atoms with Crippen molar-refractivity contribution in [2.45, 2.75) is 64.3 Å². The number of allylic oxidation sites excluding steroid dienone is 1. The smallest absolute Gasteiger partial charge is 0.00672 e. The van der Waals surface area contributed by atoms with E-state index in [0.29, 0.717) is 6.04 Å². The fourth-order valence-electron chi connectivity index (χ4n) is 2.76. The van der Waals surface area contributed by atoms with Crippen molar-refractivity contribution in [3.05, 3.63) is 12.7 Å². The zero-order valence-electron chi connectivity index (χ0n) is 10.3. The van der Waals surface area contributed by atoms with E-state index in [0.717, 1.165) is 18.3 Å². The fourth-order valence-corrected chi connectivity index (χ4v) is 2.76. The first-order valence-electron chi connectivity index (χ1n) is 6.64. The van der Waals surface area contributed by atoms with Crippen molar-refractivity contribution in [3.63, 3.8) is 0 Å². The van der Waals surface area contributed by atoms with Gasteiger partial charge in [0.05, 0.1) is 0 Å². The van der Waals surface area contributed by atoms with Crippen LogP contribution in [0.4, 0.5) is 0 Å². The first kappa shape index (κ1) is 12.8. The molecule has 88 valence electrons. The van der Waals surface area contributed by atoms with Crippen molar-refractivity contribution in [1.82, 2.24) is 0 Å². The second kappa shape index (κ2) is 7.05. The monoisotopic (exact) mass is 209 g/mol. The Hall–Kier alpha value is -0.300. The lowest BCUT2D eigenvalue weighted by Crippen LogP contribution is -2.32. The third-order valence-electron chi connectivity index (χ3n) is 4.02. The molecule has 0 amide bonds. The van der Waals surface area contributed by atoms with Gasteiger partial charge in [-0.3, -0.25) is 0 Å². The SMILES string of the molecule is C=CCCCC(N)C1CCC(CC)CC1. The van der Waals surface area contributed by atoms with Crippen LogP contribution in [0, 0.1) is 11.8 Å². The minimum atomic E-state index is 0.447. The lowest BCUT2D eigenvalue weighted by molar-refractivity contribution is 0.232. The highest BCUT2D eigenvalue weighted by molar-refractivity contribution is 4.80. The summed E-state index contributed by atoms with van der Waals surface area (Å²) < 4.78 is 0. The molecular weight excluding hydrogens is 182 g/mol. The molecule has 0 spiro atoms. The largest absolute Gasteiger partial charge is 0.327 e. The van der Waals surface area contributed by atoms with Gasteiger partial charge in [0.2, 0.25) is 0 Å². The van der Waals surface area contributed by atoms with E-state index in [9.17, 15) is 0 Å². The van der Waals surface area contributed by atoms with E-state index in [2.05, 4.69) is 13.5 Å². The summed E-state index contributed by atoms with van der Waals surface area (Å²) in [6.07, 6.45) is 12.5. The molecule has 0 aromatic carbocycles. The average Bonchev–Trinajstić information content (AvgIpc) is 2.29. The maximum absolute atomic E-state index is 6.24. The molecule has 1 aliphatic carbocycles. The second-order valence-corrected chi connectivity index (χ2v) is 5.07. The summed E-state index contributed by atoms with van der Waals surface area (Å²) in [6, 6.07) is 0.447. The lowest BCUT2D eigenvalue weighted by Gasteiger charge is -2.31. The molecule has 1 unspecified atom stereocenters. The van der Waals surface area contributed by atoms with Gasteiger partial charge in [0, 0.05) is 6.04 Å². The molecule has 1 aliphatic rings. The van der Waals surface area contributed by atoms with Crippen LogP contribution in [0.1, 0.15) is 58.3 Å². The molecule has 0 bridgehead atoms. The Labute approximate surface area is 95.1 Å². The quantitative estimate of drug-likeness (QED) is 0.521. The summed E-state index contributed by atoms with van der Waals surface area (Å²) in [5.74, 6) is 1.79. The standard InChI is InChI=1S/C14H27N/c1-3-5-6-7-14(15)13-10-8-12(4-2)9-11-13/h3,12-14H,1,4-11,15H2,2H3. The molecule has 1 rings (SSSR count). The van der Waals surface area contributed by atoms with E-state index < -0.39 is 0 Å². The van der Waals surface area contributed by atoms with Crippen LogP contribution in [0.5, 0.6) is 0 Å². The second-order valence-electron chi connectivity index (χ2n) is 5.07. The van der Waals surface area contributed by atoms with Crippen molar-refractivity contribution in [2.75, 3.05) is 0 Å². The molecule has 1 atom stereocenters. The van der Waals surface area contributed by atoms with Gasteiger partial charge in [0.25, 0.3) is 0 Å². The van der Waals surface area contributed by atoms with Crippen LogP contribution in [0.15, 0.2) is 12.7 Å². The molecule has 0 heterocycles. The predicted molar refractivity (Wildman–Crippen MR) is 67.8 cm³/mol. The topological polar surface area (TPSA) is 26.0 Å². The maximum Gasteiger partial charge on any atom is 0.00672 e. The first-order chi connectivity index (χ1) is 7.27. The Bertz CT molecular complexity index is 168. The van der Waals surface area contributed by atoms with Crippen LogP contribution in [-0.4, -0.2) is 6.04 Å². The highest BCUT2D eigenvalue weighted by Crippen LogP contribution is 2.32. The van der Waals surface area contributed by atoms with Crippen molar-refractivity contribution in [2.24, 2.45) is 17.6 Å². The highest BCUT2D eigenvalue weighted by Gasteiger charge is 2.24. The molecule has 0 aliphatic heterocycles. The van der Waals surface area contributed by atoms with Crippen molar-refractivity contribution in [3.8, 4) is 0 Å². The van der Waals surface area contributed by atoms with E-state index in [1.807, 2.05) is 6.08 Å². The minimum absolute atomic E-state index is 0.447. The number of hydrogen-bond acceptors (Lipinski definition) is 1. The highest BCUT2D eigenvalue weighted by atomic mass is 14.6. The van der Waals surface area contributed by atoms with Crippen LogP contribution in [0.3, 0.4) is 0 Å². The molecular formula is C14H27N. The van der Waals surface area contributed by atoms with Gasteiger partial charge in [-0.25, -0.2) is 0 Å². The third kappa shape index (κ3) is 4.38. The van der Waals surface area contributed by atoms with Crippen LogP contribution in [0.2, 0.25) is 0 Å². The van der Waals surface area contributed by atoms with E-state index in [1.165, 1.54) is 44.9 Å². The van der Waals surface area contributed by atoms with E-state index in [-0.39, 0.29) is 0 Å². The summed E-state index contributed by atoms with van der Waals surface area (Å²) in [5, 5.41) is 0. The molecule has 1 nitrogen and oxygen atoms in total. The van der Waals surface area contributed by atoms with Crippen LogP contribution < -0.4 is 5.73 Å². The predicted octanol–water partition coefficient (Wildman–Crippen LogP) is 3.89. The van der Waals surface area contributed by atoms with Crippen LogP contribution >= 0.6 is 0 Å². The van der Waals surface area contributed by atoms with Crippen molar-refractivity contribution >= 4 is 0 Å². The number of hydrogen-bond donors (Lipinski definition) is 1. The zero-order chi connectivity index (χ0) is 11.1. The molecule has 2 N–H and O–H groups in total. The van der Waals surface area contributed by atoms with Gasteiger partial charge >= 0.3 is 0 Å². The molecule has 0 aromatic rings. The Balaban J connectivity index is 2.17. The zero-order valence-corrected chi connectivity index (χ0v) is 10.3. The van der Waals surface area contributed by atoms with Crippen LogP contribution in [0.25, 0.3) is 0 Å². The molecule has 1 heteroatoms. The Kier molecular flexibility index (Phi) is 6.00. The Morgan fingerprint density at radius 1 is 1.33 bits per heavy atom. The molecule has 0 saturated heterocycles. The van der Waals surface area contributed by atoms with Gasteiger partial charge in [-0.15, -0.1) is 6.58 Å². The summed E-state index contributed by atoms with van der Waals surface area (Å²) in [4.78, 5) is 0. The van der Waals surface area contributed by atoms with Gasteiger partial charge in [-0.1, -0.05) is 32.3 Å². The van der Waals surface area contributed by atoms with Crippen molar-refractivity contribution < 1.29 is 0 Å². The summed E-state index contributed by atoms with van der Waals surface area (Å²) in [6.45, 7) is 6.06. The molecule has 0 aromatic heterocycles. The third-order valence-corrected chi connectivity index (χ3v) is 4.02. The van der Waals surface area contributed by atoms with E-state index in [1.54, 1.807) is 0 Å². The first-order valence-corrected chi connectivity index (χ1v) is 6.64. The maximum atomic E-state index is 6.24. The summed E-state index contributed by atoms with van der Waals surface area (Å²) in [7, 11) is 0. The molecule has 0 radical (unpaired) electrons. The average molecular weight is 209 g/mol. The molecule has 15 heavy (non-hydrogen) atoms. The van der Waals surface area contributed by atoms with Gasteiger partial charge in [-0.2, -0.15) is 0 Å². The normalized spacial score (nSPS) is 28.7. The lowest BCUT2D eigenvalue weighted by atomic mass is 9.77. The number of unbranched alkanes of at least 4 members (excludes halogenated alkanes) is 1. The summed E-state index contributed by atoms with van der Waals surface area (Å²) in [5.41, 5.74) is 6.24. The van der Waals surface area contributed by atoms with Crippen molar-refractivity contribution in [1.29, 1.82) is 0 Å². The van der Waals surface area contributed by atoms with E-state index in [4.69, 9.17) is 5.73 Å². The summed E-state index contributed by atoms with van der Waals surface area (Å²) >= 11 is 0. The molecule has 1 saturated carbocycles. The molecule has 1 fully saturated rings. The van der Waals surface area contributed by atoms with Gasteiger partial charge in [0.15, 0.2) is 0 Å². The van der Waals surface area contributed by atoms with E-state index >= 15 is 0 Å². The van der Waals surface area contributed by atoms with Gasteiger partial charge in [0.1, 0.15) is 0 Å². The Morgan fingerprint density at radius 2 is 2.00 bits per heavy atom. The Morgan fingerprint density at radius 3 is 2.53 bits per heavy atom. The van der Waals surface area contributed by atoms with Gasteiger partial charge < -0.3 is 5.73 Å². The number of rotatable bonds is 6. The minimum Gasteiger partial charge on any atom is -0.327 e. The number of nitrogens with two attached hydrogens (primary N) is 1. The fraction of sp³-hybridized carbons (Fsp3) is 0.857. The van der Waals surface area contributed by atoms with Gasteiger partial charge in [-0.05, 0) is 43.9 Å². The van der Waals surface area contributed by atoms with Crippen LogP contribution in [-0.2, 0) is 0 Å².